The fourth-order valence-electron chi connectivity index (χ4n) is 1.26. The second-order valence-electron chi connectivity index (χ2n) is 3.60. The van der Waals surface area contributed by atoms with E-state index in [1.54, 1.807) is 0 Å². The van der Waals surface area contributed by atoms with Crippen molar-refractivity contribution in [1.82, 2.24) is 0 Å². The van der Waals surface area contributed by atoms with Gasteiger partial charge < -0.3 is 0 Å². The predicted octanol–water partition coefficient (Wildman–Crippen LogP) is 2.88. The van der Waals surface area contributed by atoms with Crippen molar-refractivity contribution in [2.45, 2.75) is 45.4 Å². The Labute approximate surface area is 93.6 Å². The van der Waals surface area contributed by atoms with Crippen molar-refractivity contribution in [3.63, 3.8) is 0 Å². The molecule has 0 spiro atoms. The van der Waals surface area contributed by atoms with Crippen LogP contribution >= 0.6 is 0 Å². The largest absolute Gasteiger partial charge is 0.270 e. The zero-order chi connectivity index (χ0) is 11.6. The first-order chi connectivity index (χ1) is 7.12. The summed E-state index contributed by atoms with van der Waals surface area (Å²) < 4.78 is 26.9. The summed E-state index contributed by atoms with van der Waals surface area (Å²) in [5, 5.41) is 0. The average molecular weight is 234 g/mol. The van der Waals surface area contributed by atoms with Gasteiger partial charge in [0, 0.05) is 0 Å². The first-order valence-electron chi connectivity index (χ1n) is 5.60. The van der Waals surface area contributed by atoms with Gasteiger partial charge in [0.05, 0.1) is 12.4 Å². The summed E-state index contributed by atoms with van der Waals surface area (Å²) in [5.74, 6) is -0.0944. The van der Waals surface area contributed by atoms with Gasteiger partial charge in [0.1, 0.15) is 0 Å². The molecule has 0 unspecified atom stereocenters. The fourth-order valence-corrected chi connectivity index (χ4v) is 2.02. The van der Waals surface area contributed by atoms with E-state index in [1.807, 2.05) is 0 Å². The van der Waals surface area contributed by atoms with E-state index in [0.717, 1.165) is 12.8 Å². The van der Waals surface area contributed by atoms with Crippen molar-refractivity contribution >= 4 is 10.1 Å². The molecule has 0 bridgehead atoms. The van der Waals surface area contributed by atoms with Crippen molar-refractivity contribution in [1.29, 1.82) is 0 Å². The molecule has 0 aromatic heterocycles. The van der Waals surface area contributed by atoms with Crippen LogP contribution in [0.2, 0.25) is 0 Å². The van der Waals surface area contributed by atoms with Crippen molar-refractivity contribution in [2.24, 2.45) is 0 Å². The summed E-state index contributed by atoms with van der Waals surface area (Å²) in [4.78, 5) is 0. The molecule has 0 saturated carbocycles. The topological polar surface area (TPSA) is 43.4 Å². The van der Waals surface area contributed by atoms with Crippen LogP contribution in [0.25, 0.3) is 0 Å². The Balaban J connectivity index is 3.34. The number of hydrogen-bond acceptors (Lipinski definition) is 3. The molecule has 0 aromatic carbocycles. The van der Waals surface area contributed by atoms with E-state index in [9.17, 15) is 8.42 Å². The lowest BCUT2D eigenvalue weighted by Crippen LogP contribution is -2.09. The van der Waals surface area contributed by atoms with Gasteiger partial charge in [-0.1, -0.05) is 45.1 Å². The van der Waals surface area contributed by atoms with E-state index in [4.69, 9.17) is 4.18 Å². The lowest BCUT2D eigenvalue weighted by atomic mass is 10.1. The van der Waals surface area contributed by atoms with E-state index in [1.165, 1.54) is 31.8 Å². The maximum absolute atomic E-state index is 11.1. The molecule has 0 N–H and O–H groups in total. The molecule has 15 heavy (non-hydrogen) atoms. The van der Waals surface area contributed by atoms with Crippen LogP contribution in [-0.2, 0) is 14.3 Å². The van der Waals surface area contributed by atoms with Crippen LogP contribution in [0, 0.1) is 0 Å². The van der Waals surface area contributed by atoms with Crippen molar-refractivity contribution in [3.05, 3.63) is 12.7 Å². The highest BCUT2D eigenvalue weighted by atomic mass is 32.2. The van der Waals surface area contributed by atoms with Gasteiger partial charge >= 0.3 is 0 Å². The van der Waals surface area contributed by atoms with Gasteiger partial charge in [-0.05, 0) is 6.42 Å². The standard InChI is InChI=1S/C11H22O3S/c1-3-5-6-7-8-9-10-14-15(12,13)11-4-2/h4H,2-3,5-11H2,1H3. The third kappa shape index (κ3) is 9.94. The van der Waals surface area contributed by atoms with Crippen LogP contribution in [0.5, 0.6) is 0 Å². The molecule has 0 rings (SSSR count). The van der Waals surface area contributed by atoms with Gasteiger partial charge in [0.15, 0.2) is 0 Å². The minimum absolute atomic E-state index is 0.0944. The SMILES string of the molecule is C=CCS(=O)(=O)OCCCCCCCC. The molecule has 0 aliphatic heterocycles. The summed E-state index contributed by atoms with van der Waals surface area (Å²) in [6.07, 6.45) is 8.09. The Morgan fingerprint density at radius 2 is 1.73 bits per heavy atom. The molecule has 90 valence electrons. The summed E-state index contributed by atoms with van der Waals surface area (Å²) in [6.45, 7) is 5.84. The van der Waals surface area contributed by atoms with Crippen LogP contribution in [-0.4, -0.2) is 20.8 Å². The van der Waals surface area contributed by atoms with Crippen LogP contribution in [0.1, 0.15) is 45.4 Å². The molecule has 4 heteroatoms. The molecule has 0 aliphatic carbocycles. The van der Waals surface area contributed by atoms with E-state index in [2.05, 4.69) is 13.5 Å². The minimum Gasteiger partial charge on any atom is -0.270 e. The van der Waals surface area contributed by atoms with Gasteiger partial charge in [0.2, 0.25) is 0 Å². The Bertz CT molecular complexity index is 245. The Morgan fingerprint density at radius 1 is 1.13 bits per heavy atom. The average Bonchev–Trinajstić information content (AvgIpc) is 2.16. The number of rotatable bonds is 10. The lowest BCUT2D eigenvalue weighted by Gasteiger charge is -2.03. The monoisotopic (exact) mass is 234 g/mol. The van der Waals surface area contributed by atoms with E-state index >= 15 is 0 Å². The zero-order valence-electron chi connectivity index (χ0n) is 9.57. The van der Waals surface area contributed by atoms with Crippen LogP contribution in [0.4, 0.5) is 0 Å². The second-order valence-corrected chi connectivity index (χ2v) is 5.29. The van der Waals surface area contributed by atoms with E-state index in [-0.39, 0.29) is 5.75 Å². The highest BCUT2D eigenvalue weighted by Gasteiger charge is 2.06. The molecular formula is C11H22O3S. The second kappa shape index (κ2) is 8.92. The quantitative estimate of drug-likeness (QED) is 0.331. The van der Waals surface area contributed by atoms with Gasteiger partial charge in [0.25, 0.3) is 10.1 Å². The molecule has 0 radical (unpaired) electrons. The molecule has 0 fully saturated rings. The molecular weight excluding hydrogens is 212 g/mol. The fraction of sp³-hybridized carbons (Fsp3) is 0.818. The summed E-state index contributed by atoms with van der Waals surface area (Å²) >= 11 is 0. The highest BCUT2D eigenvalue weighted by molar-refractivity contribution is 7.86. The normalized spacial score (nSPS) is 11.5. The Hall–Kier alpha value is -0.350. The third-order valence-corrected chi connectivity index (χ3v) is 3.25. The molecule has 0 atom stereocenters. The molecule has 3 nitrogen and oxygen atoms in total. The van der Waals surface area contributed by atoms with Crippen LogP contribution < -0.4 is 0 Å². The van der Waals surface area contributed by atoms with Gasteiger partial charge in [-0.15, -0.1) is 6.58 Å². The Kier molecular flexibility index (Phi) is 8.71. The zero-order valence-corrected chi connectivity index (χ0v) is 10.4. The summed E-state index contributed by atoms with van der Waals surface area (Å²) in [6, 6.07) is 0. The van der Waals surface area contributed by atoms with Crippen molar-refractivity contribution < 1.29 is 12.6 Å². The molecule has 0 aliphatic rings. The van der Waals surface area contributed by atoms with Gasteiger partial charge in [-0.2, -0.15) is 8.42 Å². The van der Waals surface area contributed by atoms with Crippen molar-refractivity contribution in [2.75, 3.05) is 12.4 Å². The third-order valence-electron chi connectivity index (χ3n) is 2.08. The van der Waals surface area contributed by atoms with Gasteiger partial charge in [-0.25, -0.2) is 0 Å². The number of hydrogen-bond donors (Lipinski definition) is 0. The van der Waals surface area contributed by atoms with E-state index in [0.29, 0.717) is 6.61 Å². The molecule has 0 aromatic rings. The highest BCUT2D eigenvalue weighted by Crippen LogP contribution is 2.06. The Morgan fingerprint density at radius 3 is 2.33 bits per heavy atom. The molecule has 0 saturated heterocycles. The van der Waals surface area contributed by atoms with E-state index < -0.39 is 10.1 Å². The molecule has 0 heterocycles. The smallest absolute Gasteiger partial charge is 0.270 e. The first kappa shape index (κ1) is 14.6. The van der Waals surface area contributed by atoms with Crippen molar-refractivity contribution in [3.8, 4) is 0 Å². The maximum Gasteiger partial charge on any atom is 0.270 e. The lowest BCUT2D eigenvalue weighted by molar-refractivity contribution is 0.308. The minimum atomic E-state index is -3.35. The summed E-state index contributed by atoms with van der Waals surface area (Å²) in [5.41, 5.74) is 0. The van der Waals surface area contributed by atoms with Crippen LogP contribution in [0.15, 0.2) is 12.7 Å². The molecule has 0 amide bonds. The van der Waals surface area contributed by atoms with Gasteiger partial charge in [-0.3, -0.25) is 4.18 Å². The van der Waals surface area contributed by atoms with Crippen LogP contribution in [0.3, 0.4) is 0 Å². The maximum atomic E-state index is 11.1. The summed E-state index contributed by atoms with van der Waals surface area (Å²) in [7, 11) is -3.35. The number of unbranched alkanes of at least 4 members (excludes halogenated alkanes) is 5. The first-order valence-corrected chi connectivity index (χ1v) is 7.18. The predicted molar refractivity (Wildman–Crippen MR) is 63.3 cm³/mol.